The van der Waals surface area contributed by atoms with E-state index in [0.29, 0.717) is 37.1 Å². The quantitative estimate of drug-likeness (QED) is 0.486. The molecule has 1 aliphatic heterocycles. The highest BCUT2D eigenvalue weighted by Crippen LogP contribution is 2.28. The number of hydrogen-bond acceptors (Lipinski definition) is 9. The van der Waals surface area contributed by atoms with Gasteiger partial charge in [-0.15, -0.1) is 4.83 Å². The number of aromatic nitrogens is 1. The summed E-state index contributed by atoms with van der Waals surface area (Å²) >= 11 is 6.82. The number of ether oxygens (including phenoxy) is 1. The van der Waals surface area contributed by atoms with Crippen LogP contribution in [-0.4, -0.2) is 50.5 Å². The topological polar surface area (TPSA) is 144 Å². The number of morpholine rings is 1. The average Bonchev–Trinajstić information content (AvgIpc) is 3.08. The van der Waals surface area contributed by atoms with Crippen molar-refractivity contribution in [3.05, 3.63) is 43.9 Å². The molecule has 14 heteroatoms. The molecule has 11 nitrogen and oxygen atoms in total. The molecule has 2 N–H and O–H groups in total. The molecule has 3 rings (SSSR count). The summed E-state index contributed by atoms with van der Waals surface area (Å²) in [5, 5.41) is 11.4. The Hall–Kier alpha value is -2.32. The molecule has 156 valence electrons. The Kier molecular flexibility index (Phi) is 6.33. The number of hydrogen-bond donors (Lipinski definition) is 2. The second-order valence-corrected chi connectivity index (χ2v) is 9.01. The van der Waals surface area contributed by atoms with Gasteiger partial charge in [0.1, 0.15) is 9.90 Å². The molecular weight excluding hydrogens is 446 g/mol. The molecule has 1 fully saturated rings. The van der Waals surface area contributed by atoms with Crippen molar-refractivity contribution in [2.75, 3.05) is 31.2 Å². The Labute approximate surface area is 174 Å². The number of sulfonamides is 1. The maximum absolute atomic E-state index is 12.4. The number of anilines is 1. The molecule has 1 aliphatic rings. The predicted octanol–water partition coefficient (Wildman–Crippen LogP) is 1.47. The van der Waals surface area contributed by atoms with E-state index in [1.807, 2.05) is 9.73 Å². The van der Waals surface area contributed by atoms with Gasteiger partial charge in [0, 0.05) is 19.2 Å². The molecule has 1 saturated heterocycles. The van der Waals surface area contributed by atoms with E-state index in [9.17, 15) is 23.3 Å². The molecule has 0 radical (unpaired) electrons. The molecular formula is C15H16ClN5O6S2. The largest absolute Gasteiger partial charge is 0.378 e. The van der Waals surface area contributed by atoms with Crippen molar-refractivity contribution >= 4 is 49.7 Å². The maximum Gasteiger partial charge on any atom is 0.289 e. The van der Waals surface area contributed by atoms with E-state index in [2.05, 4.69) is 10.4 Å². The molecule has 1 amide bonds. The fourth-order valence-corrected chi connectivity index (χ4v) is 4.57. The van der Waals surface area contributed by atoms with E-state index in [1.54, 1.807) is 6.92 Å². The Morgan fingerprint density at radius 2 is 2.07 bits per heavy atom. The maximum atomic E-state index is 12.4. The number of nitrogens with zero attached hydrogens (tertiary/aromatic N) is 3. The number of nitro groups is 1. The van der Waals surface area contributed by atoms with Gasteiger partial charge in [-0.2, -0.15) is 0 Å². The molecule has 1 aromatic heterocycles. The van der Waals surface area contributed by atoms with Gasteiger partial charge >= 0.3 is 0 Å². The van der Waals surface area contributed by atoms with Gasteiger partial charge in [0.2, 0.25) is 0 Å². The predicted molar refractivity (Wildman–Crippen MR) is 106 cm³/mol. The van der Waals surface area contributed by atoms with E-state index in [0.717, 1.165) is 29.5 Å². The fourth-order valence-electron chi connectivity index (χ4n) is 2.51. The summed E-state index contributed by atoms with van der Waals surface area (Å²) in [4.78, 5) is 30.7. The lowest BCUT2D eigenvalue weighted by Crippen LogP contribution is -2.41. The van der Waals surface area contributed by atoms with E-state index in [1.165, 1.54) is 0 Å². The van der Waals surface area contributed by atoms with E-state index in [-0.39, 0.29) is 9.90 Å². The van der Waals surface area contributed by atoms with Crippen molar-refractivity contribution < 1.29 is 22.9 Å². The highest BCUT2D eigenvalue weighted by molar-refractivity contribution is 7.89. The first-order chi connectivity index (χ1) is 13.7. The molecule has 29 heavy (non-hydrogen) atoms. The van der Waals surface area contributed by atoms with Crippen LogP contribution in [0.5, 0.6) is 0 Å². The van der Waals surface area contributed by atoms with Gasteiger partial charge in [-0.1, -0.05) is 22.9 Å². The van der Waals surface area contributed by atoms with Gasteiger partial charge in [0.05, 0.1) is 28.7 Å². The lowest BCUT2D eigenvalue weighted by molar-refractivity contribution is -0.384. The van der Waals surface area contributed by atoms with E-state index in [4.69, 9.17) is 16.3 Å². The zero-order valence-electron chi connectivity index (χ0n) is 15.0. The highest BCUT2D eigenvalue weighted by atomic mass is 35.5. The standard InChI is InChI=1S/C15H16ClN5O6S2/c1-9-13(28-15(17-9)20-4-6-27-7-5-20)14(22)18-19-29(25,26)10-2-3-11(16)12(8-10)21(23)24/h2-3,8,19H,4-7H2,1H3,(H,18,22). The molecule has 2 aromatic rings. The summed E-state index contributed by atoms with van der Waals surface area (Å²) in [7, 11) is -4.25. The molecule has 0 atom stereocenters. The summed E-state index contributed by atoms with van der Waals surface area (Å²) in [5.41, 5.74) is 2.00. The van der Waals surface area contributed by atoms with Crippen LogP contribution >= 0.6 is 22.9 Å². The number of nitrogens with one attached hydrogen (secondary N) is 2. The average molecular weight is 462 g/mol. The molecule has 2 heterocycles. The summed E-state index contributed by atoms with van der Waals surface area (Å²) < 4.78 is 30.0. The molecule has 0 unspecified atom stereocenters. The first-order valence-corrected chi connectivity index (χ1v) is 10.9. The molecule has 0 aliphatic carbocycles. The van der Waals surface area contributed by atoms with Gasteiger partial charge in [-0.25, -0.2) is 13.4 Å². The lowest BCUT2D eigenvalue weighted by atomic mass is 10.3. The van der Waals surface area contributed by atoms with Gasteiger partial charge in [0.25, 0.3) is 21.6 Å². The third kappa shape index (κ3) is 4.82. The monoisotopic (exact) mass is 461 g/mol. The number of nitro benzene ring substituents is 1. The number of aryl methyl sites for hydroxylation is 1. The number of amides is 1. The number of carbonyl (C=O) groups is 1. The minimum absolute atomic E-state index is 0.200. The summed E-state index contributed by atoms with van der Waals surface area (Å²) in [6, 6.07) is 3.00. The van der Waals surface area contributed by atoms with E-state index >= 15 is 0 Å². The SMILES string of the molecule is Cc1nc(N2CCOCC2)sc1C(=O)NNS(=O)(=O)c1ccc(Cl)c([N+](=O)[O-])c1. The third-order valence-corrected chi connectivity index (χ3v) is 6.78. The normalized spacial score (nSPS) is 14.6. The minimum Gasteiger partial charge on any atom is -0.378 e. The molecule has 0 saturated carbocycles. The van der Waals surface area contributed by atoms with Crippen LogP contribution in [0.25, 0.3) is 0 Å². The second kappa shape index (κ2) is 8.59. The van der Waals surface area contributed by atoms with Gasteiger partial charge in [0.15, 0.2) is 5.13 Å². The molecule has 0 bridgehead atoms. The number of carbonyl (C=O) groups excluding carboxylic acids is 1. The van der Waals surface area contributed by atoms with Gasteiger partial charge < -0.3 is 9.64 Å². The van der Waals surface area contributed by atoms with Crippen molar-refractivity contribution in [3.8, 4) is 0 Å². The summed E-state index contributed by atoms with van der Waals surface area (Å²) in [6.07, 6.45) is 0. The number of benzene rings is 1. The Morgan fingerprint density at radius 3 is 2.72 bits per heavy atom. The van der Waals surface area contributed by atoms with Crippen LogP contribution < -0.4 is 15.2 Å². The van der Waals surface area contributed by atoms with Crippen LogP contribution in [0.4, 0.5) is 10.8 Å². The fraction of sp³-hybridized carbons (Fsp3) is 0.333. The number of hydrazine groups is 1. The number of halogens is 1. The van der Waals surface area contributed by atoms with Crippen LogP contribution in [0.1, 0.15) is 15.4 Å². The van der Waals surface area contributed by atoms with Crippen molar-refractivity contribution in [2.24, 2.45) is 0 Å². The summed E-state index contributed by atoms with van der Waals surface area (Å²) in [5.74, 6) is -0.688. The van der Waals surface area contributed by atoms with Crippen molar-refractivity contribution in [2.45, 2.75) is 11.8 Å². The number of rotatable bonds is 6. The third-order valence-electron chi connectivity index (χ3n) is 4.00. The molecule has 1 aromatic carbocycles. The Bertz CT molecular complexity index is 1050. The van der Waals surface area contributed by atoms with Crippen LogP contribution in [-0.2, 0) is 14.8 Å². The van der Waals surface area contributed by atoms with Gasteiger partial charge in [-0.05, 0) is 19.1 Å². The van der Waals surface area contributed by atoms with Crippen molar-refractivity contribution in [3.63, 3.8) is 0 Å². The minimum atomic E-state index is -4.25. The van der Waals surface area contributed by atoms with Gasteiger partial charge in [-0.3, -0.25) is 20.3 Å². The van der Waals surface area contributed by atoms with Crippen LogP contribution in [0, 0.1) is 17.0 Å². The van der Waals surface area contributed by atoms with Crippen LogP contribution in [0.2, 0.25) is 5.02 Å². The zero-order chi connectivity index (χ0) is 21.2. The van der Waals surface area contributed by atoms with Crippen molar-refractivity contribution in [1.29, 1.82) is 0 Å². The highest BCUT2D eigenvalue weighted by Gasteiger charge is 2.24. The van der Waals surface area contributed by atoms with E-state index < -0.39 is 31.4 Å². The zero-order valence-corrected chi connectivity index (χ0v) is 17.4. The second-order valence-electron chi connectivity index (χ2n) is 5.94. The Balaban J connectivity index is 1.72. The number of thiazole rings is 1. The van der Waals surface area contributed by atoms with Crippen molar-refractivity contribution in [1.82, 2.24) is 15.2 Å². The van der Waals surface area contributed by atoms with Crippen LogP contribution in [0.3, 0.4) is 0 Å². The first kappa shape index (κ1) is 21.4. The smallest absolute Gasteiger partial charge is 0.289 e. The summed E-state index contributed by atoms with van der Waals surface area (Å²) in [6.45, 7) is 4.07. The lowest BCUT2D eigenvalue weighted by Gasteiger charge is -2.25. The molecule has 0 spiro atoms. The van der Waals surface area contributed by atoms with Crippen LogP contribution in [0.15, 0.2) is 23.1 Å². The first-order valence-electron chi connectivity index (χ1n) is 8.25. The Morgan fingerprint density at radius 1 is 1.38 bits per heavy atom.